The highest BCUT2D eigenvalue weighted by atomic mass is 16.5. The molecule has 0 fully saturated rings. The van der Waals surface area contributed by atoms with E-state index in [1.807, 2.05) is 20.8 Å². The van der Waals surface area contributed by atoms with Crippen LogP contribution in [0, 0.1) is 5.41 Å². The van der Waals surface area contributed by atoms with Crippen LogP contribution in [0.1, 0.15) is 72.7 Å². The lowest BCUT2D eigenvalue weighted by Gasteiger charge is -2.29. The first-order chi connectivity index (χ1) is 11.9. The van der Waals surface area contributed by atoms with E-state index in [-0.39, 0.29) is 13.0 Å². The molecular weight excluding hydrogens is 320 g/mol. The van der Waals surface area contributed by atoms with Crippen LogP contribution in [-0.4, -0.2) is 35.4 Å². The molecule has 1 N–H and O–H groups in total. The molecule has 1 aliphatic rings. The van der Waals surface area contributed by atoms with Gasteiger partial charge in [-0.25, -0.2) is 4.79 Å². The van der Waals surface area contributed by atoms with Crippen molar-refractivity contribution in [1.82, 2.24) is 0 Å². The number of hydrogen-bond acceptors (Lipinski definition) is 5. The number of ether oxygens (including phenoxy) is 1. The van der Waals surface area contributed by atoms with E-state index in [9.17, 15) is 19.5 Å². The fraction of sp³-hybridized carbons (Fsp3) is 0.550. The Hall–Kier alpha value is -2.01. The number of rotatable bonds is 8. The predicted octanol–water partition coefficient (Wildman–Crippen LogP) is 3.12. The van der Waals surface area contributed by atoms with E-state index in [1.54, 1.807) is 18.2 Å². The molecule has 1 aliphatic carbocycles. The van der Waals surface area contributed by atoms with Crippen molar-refractivity contribution in [3.05, 3.63) is 34.9 Å². The number of aryl methyl sites for hydroxylation is 1. The second kappa shape index (κ2) is 7.91. The SMILES string of the molecule is CCCCOC(=O)C(O)C1(CCC)C(=O)c2cccc(CC)c2C1=O. The van der Waals surface area contributed by atoms with Gasteiger partial charge in [-0.15, -0.1) is 0 Å². The Balaban J connectivity index is 2.45. The quantitative estimate of drug-likeness (QED) is 0.444. The molecule has 0 aromatic heterocycles. The van der Waals surface area contributed by atoms with E-state index >= 15 is 0 Å². The maximum Gasteiger partial charge on any atom is 0.336 e. The molecule has 0 radical (unpaired) electrons. The summed E-state index contributed by atoms with van der Waals surface area (Å²) in [5, 5.41) is 10.7. The minimum atomic E-state index is -1.78. The molecule has 1 aromatic carbocycles. The van der Waals surface area contributed by atoms with Crippen molar-refractivity contribution < 1.29 is 24.2 Å². The zero-order chi connectivity index (χ0) is 18.6. The number of esters is 1. The Bertz CT molecular complexity index is 679. The lowest BCUT2D eigenvalue weighted by atomic mass is 9.73. The summed E-state index contributed by atoms with van der Waals surface area (Å²) in [5.41, 5.74) is -0.339. The standard InChI is InChI=1S/C20H26O5/c1-4-7-12-25-19(24)18(23)20(11-5-2)16(21)14-10-8-9-13(6-3)15(14)17(20)22/h8-10,18,23H,4-7,11-12H2,1-3H3. The highest BCUT2D eigenvalue weighted by Crippen LogP contribution is 2.44. The largest absolute Gasteiger partial charge is 0.464 e. The number of ketones is 2. The number of aliphatic hydroxyl groups is 1. The average Bonchev–Trinajstić information content (AvgIpc) is 2.84. The first-order valence-corrected chi connectivity index (χ1v) is 9.01. The van der Waals surface area contributed by atoms with Crippen LogP contribution < -0.4 is 0 Å². The van der Waals surface area contributed by atoms with Gasteiger partial charge in [-0.05, 0) is 24.8 Å². The Labute approximate surface area is 148 Å². The van der Waals surface area contributed by atoms with Crippen molar-refractivity contribution in [3.63, 3.8) is 0 Å². The summed E-state index contributed by atoms with van der Waals surface area (Å²) >= 11 is 0. The van der Waals surface area contributed by atoms with E-state index in [4.69, 9.17) is 4.74 Å². The lowest BCUT2D eigenvalue weighted by Crippen LogP contribution is -2.49. The fourth-order valence-electron chi connectivity index (χ4n) is 3.52. The lowest BCUT2D eigenvalue weighted by molar-refractivity contribution is -0.158. The van der Waals surface area contributed by atoms with Crippen LogP contribution in [0.25, 0.3) is 0 Å². The smallest absolute Gasteiger partial charge is 0.336 e. The maximum absolute atomic E-state index is 13.2. The van der Waals surface area contributed by atoms with Gasteiger partial charge < -0.3 is 9.84 Å². The van der Waals surface area contributed by atoms with Crippen molar-refractivity contribution >= 4 is 17.5 Å². The van der Waals surface area contributed by atoms with Crippen molar-refractivity contribution in [1.29, 1.82) is 0 Å². The molecule has 5 heteroatoms. The molecule has 0 aliphatic heterocycles. The Morgan fingerprint density at radius 2 is 1.88 bits per heavy atom. The second-order valence-corrected chi connectivity index (χ2v) is 6.50. The van der Waals surface area contributed by atoms with Crippen LogP contribution in [0.5, 0.6) is 0 Å². The number of hydrogen-bond donors (Lipinski definition) is 1. The normalized spacial score (nSPS) is 20.5. The number of carbonyl (C=O) groups excluding carboxylic acids is 3. The molecule has 0 bridgehead atoms. The van der Waals surface area contributed by atoms with Crippen LogP contribution in [0.3, 0.4) is 0 Å². The van der Waals surface area contributed by atoms with Gasteiger partial charge in [0.05, 0.1) is 6.61 Å². The van der Waals surface area contributed by atoms with E-state index in [2.05, 4.69) is 0 Å². The number of Topliss-reactive ketones (excluding diaryl/α,β-unsaturated/α-hetero) is 2. The van der Waals surface area contributed by atoms with Gasteiger partial charge in [0.15, 0.2) is 17.7 Å². The van der Waals surface area contributed by atoms with Gasteiger partial charge in [0, 0.05) is 11.1 Å². The summed E-state index contributed by atoms with van der Waals surface area (Å²) in [6.07, 6.45) is 0.940. The van der Waals surface area contributed by atoms with Crippen molar-refractivity contribution in [2.75, 3.05) is 6.61 Å². The number of fused-ring (bicyclic) bond motifs is 1. The van der Waals surface area contributed by atoms with E-state index in [0.29, 0.717) is 30.4 Å². The van der Waals surface area contributed by atoms with Gasteiger partial charge in [-0.1, -0.05) is 51.8 Å². The second-order valence-electron chi connectivity index (χ2n) is 6.50. The van der Waals surface area contributed by atoms with Gasteiger partial charge in [-0.2, -0.15) is 0 Å². The van der Waals surface area contributed by atoms with Gasteiger partial charge in [-0.3, -0.25) is 9.59 Å². The van der Waals surface area contributed by atoms with Crippen molar-refractivity contribution in [3.8, 4) is 0 Å². The molecule has 136 valence electrons. The van der Waals surface area contributed by atoms with Gasteiger partial charge in [0.25, 0.3) is 0 Å². The molecule has 0 saturated carbocycles. The fourth-order valence-corrected chi connectivity index (χ4v) is 3.52. The zero-order valence-corrected chi connectivity index (χ0v) is 15.1. The Morgan fingerprint density at radius 3 is 2.48 bits per heavy atom. The van der Waals surface area contributed by atoms with Gasteiger partial charge in [0.2, 0.25) is 0 Å². The third kappa shape index (κ3) is 3.13. The molecule has 25 heavy (non-hydrogen) atoms. The van der Waals surface area contributed by atoms with E-state index < -0.39 is 29.1 Å². The minimum absolute atomic E-state index is 0.118. The predicted molar refractivity (Wildman–Crippen MR) is 93.7 cm³/mol. The van der Waals surface area contributed by atoms with Crippen LogP contribution in [0.2, 0.25) is 0 Å². The molecule has 5 nitrogen and oxygen atoms in total. The molecule has 0 heterocycles. The maximum atomic E-state index is 13.2. The molecule has 2 unspecified atom stereocenters. The molecule has 0 amide bonds. The Kier molecular flexibility index (Phi) is 6.11. The van der Waals surface area contributed by atoms with Crippen LogP contribution in [0.4, 0.5) is 0 Å². The third-order valence-electron chi connectivity index (χ3n) is 4.89. The highest BCUT2D eigenvalue weighted by molar-refractivity contribution is 6.31. The van der Waals surface area contributed by atoms with Gasteiger partial charge in [0.1, 0.15) is 5.41 Å². The topological polar surface area (TPSA) is 80.7 Å². The molecule has 0 spiro atoms. The molecule has 1 aromatic rings. The van der Waals surface area contributed by atoms with E-state index in [1.165, 1.54) is 0 Å². The zero-order valence-electron chi connectivity index (χ0n) is 15.1. The van der Waals surface area contributed by atoms with Crippen molar-refractivity contribution in [2.24, 2.45) is 5.41 Å². The minimum Gasteiger partial charge on any atom is -0.464 e. The summed E-state index contributed by atoms with van der Waals surface area (Å²) in [6.45, 7) is 5.85. The van der Waals surface area contributed by atoms with Crippen LogP contribution in [0.15, 0.2) is 18.2 Å². The molecule has 0 saturated heterocycles. The summed E-state index contributed by atoms with van der Waals surface area (Å²) in [5.74, 6) is -1.81. The number of unbranched alkanes of at least 4 members (excludes halogenated alkanes) is 1. The first-order valence-electron chi connectivity index (χ1n) is 9.01. The summed E-state index contributed by atoms with van der Waals surface area (Å²) in [7, 11) is 0. The molecule has 2 atom stereocenters. The van der Waals surface area contributed by atoms with Crippen LogP contribution >= 0.6 is 0 Å². The average molecular weight is 346 g/mol. The summed E-state index contributed by atoms with van der Waals surface area (Å²) < 4.78 is 5.09. The first kappa shape index (κ1) is 19.3. The summed E-state index contributed by atoms with van der Waals surface area (Å²) in [6, 6.07) is 5.14. The molecular formula is C20H26O5. The number of carbonyl (C=O) groups is 3. The van der Waals surface area contributed by atoms with E-state index in [0.717, 1.165) is 12.0 Å². The van der Waals surface area contributed by atoms with Crippen molar-refractivity contribution in [2.45, 2.75) is 59.0 Å². The highest BCUT2D eigenvalue weighted by Gasteiger charge is 2.59. The monoisotopic (exact) mass is 346 g/mol. The van der Waals surface area contributed by atoms with Gasteiger partial charge >= 0.3 is 5.97 Å². The summed E-state index contributed by atoms with van der Waals surface area (Å²) in [4.78, 5) is 38.6. The molecule has 2 rings (SSSR count). The van der Waals surface area contributed by atoms with Crippen LogP contribution in [-0.2, 0) is 16.0 Å². The Morgan fingerprint density at radius 1 is 1.16 bits per heavy atom. The number of benzene rings is 1. The third-order valence-corrected chi connectivity index (χ3v) is 4.89. The number of aliphatic hydroxyl groups excluding tert-OH is 1.